The SMILES string of the molecule is CCOC(=O)C(Cc1ccc(OCCc2ccc(OS(C)(=O)=O)cc2)cc1)OC(C)C. The Morgan fingerprint density at radius 2 is 1.52 bits per heavy atom. The molecule has 0 amide bonds. The Morgan fingerprint density at radius 1 is 0.935 bits per heavy atom. The van der Waals surface area contributed by atoms with E-state index in [1.807, 2.05) is 38.1 Å². The van der Waals surface area contributed by atoms with Crippen molar-refractivity contribution in [1.82, 2.24) is 0 Å². The smallest absolute Gasteiger partial charge is 0.335 e. The summed E-state index contributed by atoms with van der Waals surface area (Å²) in [5.74, 6) is 0.646. The monoisotopic (exact) mass is 450 g/mol. The molecule has 8 heteroatoms. The molecule has 0 aromatic heterocycles. The van der Waals surface area contributed by atoms with E-state index in [2.05, 4.69) is 0 Å². The molecule has 0 radical (unpaired) electrons. The zero-order valence-electron chi connectivity index (χ0n) is 18.4. The van der Waals surface area contributed by atoms with E-state index in [-0.39, 0.29) is 17.8 Å². The molecule has 0 N–H and O–H groups in total. The Hall–Kier alpha value is -2.58. The highest BCUT2D eigenvalue weighted by Gasteiger charge is 2.22. The summed E-state index contributed by atoms with van der Waals surface area (Å²) in [5, 5.41) is 0. The van der Waals surface area contributed by atoms with Gasteiger partial charge in [-0.2, -0.15) is 8.42 Å². The molecule has 0 saturated carbocycles. The van der Waals surface area contributed by atoms with Gasteiger partial charge in [-0.15, -0.1) is 0 Å². The third-order valence-electron chi connectivity index (χ3n) is 4.16. The zero-order chi connectivity index (χ0) is 22.9. The van der Waals surface area contributed by atoms with Gasteiger partial charge >= 0.3 is 16.1 Å². The topological polar surface area (TPSA) is 88.1 Å². The van der Waals surface area contributed by atoms with Crippen LogP contribution in [0.3, 0.4) is 0 Å². The summed E-state index contributed by atoms with van der Waals surface area (Å²) in [6.07, 6.45) is 1.38. The van der Waals surface area contributed by atoms with Gasteiger partial charge in [-0.05, 0) is 56.2 Å². The number of ether oxygens (including phenoxy) is 3. The standard InChI is InChI=1S/C23H30O7S/c1-5-27-23(24)22(29-17(2)3)16-19-8-10-20(11-9-19)28-15-14-18-6-12-21(13-7-18)30-31(4,25)26/h6-13,17,22H,5,14-16H2,1-4H3. The predicted octanol–water partition coefficient (Wildman–Crippen LogP) is 3.55. The number of hydrogen-bond acceptors (Lipinski definition) is 7. The van der Waals surface area contributed by atoms with Crippen LogP contribution in [0.25, 0.3) is 0 Å². The van der Waals surface area contributed by atoms with Crippen LogP contribution < -0.4 is 8.92 Å². The number of benzene rings is 2. The van der Waals surface area contributed by atoms with Crippen molar-refractivity contribution in [2.75, 3.05) is 19.5 Å². The molecule has 0 spiro atoms. The minimum absolute atomic E-state index is 0.0796. The van der Waals surface area contributed by atoms with Gasteiger partial charge in [-0.3, -0.25) is 0 Å². The second kappa shape index (κ2) is 11.7. The predicted molar refractivity (Wildman–Crippen MR) is 118 cm³/mol. The molecule has 0 fully saturated rings. The summed E-state index contributed by atoms with van der Waals surface area (Å²) < 4.78 is 43.7. The summed E-state index contributed by atoms with van der Waals surface area (Å²) in [6.45, 7) is 6.32. The fourth-order valence-electron chi connectivity index (χ4n) is 2.86. The lowest BCUT2D eigenvalue weighted by Gasteiger charge is -2.19. The van der Waals surface area contributed by atoms with Gasteiger partial charge in [0.15, 0.2) is 6.10 Å². The molecule has 2 aromatic carbocycles. The van der Waals surface area contributed by atoms with Crippen molar-refractivity contribution < 1.29 is 31.6 Å². The molecule has 2 aromatic rings. The molecule has 2 rings (SSSR count). The van der Waals surface area contributed by atoms with E-state index in [0.717, 1.165) is 23.1 Å². The van der Waals surface area contributed by atoms with Crippen molar-refractivity contribution in [3.8, 4) is 11.5 Å². The first-order valence-electron chi connectivity index (χ1n) is 10.2. The second-order valence-electron chi connectivity index (χ2n) is 7.30. The second-order valence-corrected chi connectivity index (χ2v) is 8.88. The number of carbonyl (C=O) groups is 1. The van der Waals surface area contributed by atoms with Crippen LogP contribution in [-0.2, 0) is 37.2 Å². The van der Waals surface area contributed by atoms with E-state index in [1.54, 1.807) is 31.2 Å². The molecule has 170 valence electrons. The Morgan fingerprint density at radius 3 is 2.06 bits per heavy atom. The highest BCUT2D eigenvalue weighted by Crippen LogP contribution is 2.17. The molecular formula is C23H30O7S. The average molecular weight is 451 g/mol. The van der Waals surface area contributed by atoms with Crippen molar-refractivity contribution in [3.63, 3.8) is 0 Å². The Balaban J connectivity index is 1.85. The van der Waals surface area contributed by atoms with Crippen molar-refractivity contribution in [2.24, 2.45) is 0 Å². The van der Waals surface area contributed by atoms with Crippen molar-refractivity contribution >= 4 is 16.1 Å². The van der Waals surface area contributed by atoms with E-state index in [4.69, 9.17) is 18.4 Å². The van der Waals surface area contributed by atoms with E-state index in [0.29, 0.717) is 26.1 Å². The minimum atomic E-state index is -3.53. The van der Waals surface area contributed by atoms with E-state index in [1.165, 1.54) is 0 Å². The molecule has 7 nitrogen and oxygen atoms in total. The van der Waals surface area contributed by atoms with Gasteiger partial charge in [-0.1, -0.05) is 24.3 Å². The fourth-order valence-corrected chi connectivity index (χ4v) is 3.32. The van der Waals surface area contributed by atoms with Crippen LogP contribution in [0.2, 0.25) is 0 Å². The number of esters is 1. The Bertz CT molecular complexity index is 919. The largest absolute Gasteiger partial charge is 0.493 e. The van der Waals surface area contributed by atoms with Gasteiger partial charge in [0.25, 0.3) is 0 Å². The first-order valence-corrected chi connectivity index (χ1v) is 12.0. The third kappa shape index (κ3) is 9.40. The molecule has 1 unspecified atom stereocenters. The van der Waals surface area contributed by atoms with Crippen molar-refractivity contribution in [1.29, 1.82) is 0 Å². The first-order chi connectivity index (χ1) is 14.7. The van der Waals surface area contributed by atoms with E-state index >= 15 is 0 Å². The third-order valence-corrected chi connectivity index (χ3v) is 4.66. The molecule has 31 heavy (non-hydrogen) atoms. The highest BCUT2D eigenvalue weighted by atomic mass is 32.2. The number of rotatable bonds is 12. The average Bonchev–Trinajstić information content (AvgIpc) is 2.69. The van der Waals surface area contributed by atoms with E-state index in [9.17, 15) is 13.2 Å². The van der Waals surface area contributed by atoms with Crippen LogP contribution in [-0.4, -0.2) is 46.1 Å². The molecular weight excluding hydrogens is 420 g/mol. The summed E-state index contributed by atoms with van der Waals surface area (Å²) >= 11 is 0. The molecule has 0 aliphatic rings. The molecule has 1 atom stereocenters. The van der Waals surface area contributed by atoms with Gasteiger partial charge in [0.2, 0.25) is 0 Å². The lowest BCUT2D eigenvalue weighted by Crippen LogP contribution is -2.31. The summed E-state index contributed by atoms with van der Waals surface area (Å²) in [4.78, 5) is 12.1. The molecule has 0 heterocycles. The van der Waals surface area contributed by atoms with Gasteiger partial charge in [-0.25, -0.2) is 4.79 Å². The zero-order valence-corrected chi connectivity index (χ0v) is 19.2. The number of carbonyl (C=O) groups excluding carboxylic acids is 1. The first kappa shape index (κ1) is 24.7. The maximum absolute atomic E-state index is 12.1. The Kier molecular flexibility index (Phi) is 9.33. The Labute approximate surface area is 184 Å². The van der Waals surface area contributed by atoms with Crippen LogP contribution >= 0.6 is 0 Å². The molecule has 0 aliphatic carbocycles. The van der Waals surface area contributed by atoms with Crippen molar-refractivity contribution in [2.45, 2.75) is 45.8 Å². The molecule has 0 aliphatic heterocycles. The van der Waals surface area contributed by atoms with Gasteiger partial charge in [0.1, 0.15) is 11.5 Å². The summed E-state index contributed by atoms with van der Waals surface area (Å²) in [7, 11) is -3.53. The van der Waals surface area contributed by atoms with E-state index < -0.39 is 16.2 Å². The quantitative estimate of drug-likeness (QED) is 0.361. The van der Waals surface area contributed by atoms with Crippen LogP contribution in [0.1, 0.15) is 31.9 Å². The fraction of sp³-hybridized carbons (Fsp3) is 0.435. The maximum Gasteiger partial charge on any atom is 0.335 e. The molecule has 0 bridgehead atoms. The normalized spacial score (nSPS) is 12.4. The van der Waals surface area contributed by atoms with Gasteiger partial charge in [0, 0.05) is 12.8 Å². The minimum Gasteiger partial charge on any atom is -0.493 e. The summed E-state index contributed by atoms with van der Waals surface area (Å²) in [6, 6.07) is 14.4. The lowest BCUT2D eigenvalue weighted by molar-refractivity contribution is -0.159. The van der Waals surface area contributed by atoms with Crippen molar-refractivity contribution in [3.05, 3.63) is 59.7 Å². The molecule has 0 saturated heterocycles. The maximum atomic E-state index is 12.1. The number of hydrogen-bond donors (Lipinski definition) is 0. The van der Waals surface area contributed by atoms with Crippen LogP contribution in [0.15, 0.2) is 48.5 Å². The van der Waals surface area contributed by atoms with Crippen LogP contribution in [0, 0.1) is 0 Å². The van der Waals surface area contributed by atoms with Crippen LogP contribution in [0.4, 0.5) is 0 Å². The van der Waals surface area contributed by atoms with Gasteiger partial charge < -0.3 is 18.4 Å². The summed E-state index contributed by atoms with van der Waals surface area (Å²) in [5.41, 5.74) is 1.95. The van der Waals surface area contributed by atoms with Crippen LogP contribution in [0.5, 0.6) is 11.5 Å². The highest BCUT2D eigenvalue weighted by molar-refractivity contribution is 7.86. The van der Waals surface area contributed by atoms with Gasteiger partial charge in [0.05, 0.1) is 25.6 Å². The lowest BCUT2D eigenvalue weighted by atomic mass is 10.1.